The average Bonchev–Trinajstić information content (AvgIpc) is 3.40. The van der Waals surface area contributed by atoms with Crippen LogP contribution in [0.2, 0.25) is 0 Å². The van der Waals surface area contributed by atoms with Crippen LogP contribution in [0.25, 0.3) is 22.5 Å². The predicted octanol–water partition coefficient (Wildman–Crippen LogP) is 4.05. The minimum atomic E-state index is -0.403. The van der Waals surface area contributed by atoms with E-state index >= 15 is 0 Å². The minimum Gasteiger partial charge on any atom is -0.289 e. The summed E-state index contributed by atoms with van der Waals surface area (Å²) in [6.07, 6.45) is 2.02. The van der Waals surface area contributed by atoms with Crippen LogP contribution < -0.4 is 5.69 Å². The highest BCUT2D eigenvalue weighted by Gasteiger charge is 2.19. The van der Waals surface area contributed by atoms with Gasteiger partial charge in [-0.15, -0.1) is 5.10 Å². The first-order chi connectivity index (χ1) is 15.1. The van der Waals surface area contributed by atoms with E-state index in [-0.39, 0.29) is 5.69 Å². The van der Waals surface area contributed by atoms with Crippen LogP contribution in [-0.4, -0.2) is 29.8 Å². The van der Waals surface area contributed by atoms with Crippen molar-refractivity contribution in [1.82, 2.24) is 29.8 Å². The molecule has 1 N–H and O–H groups in total. The quantitative estimate of drug-likeness (QED) is 0.466. The SMILES string of the molecule is CCCc1c(F)n(CCC)c(=O)n1Cc1ccc(-c2ccccc2-c2nnn[nH]2)cc1. The van der Waals surface area contributed by atoms with Crippen molar-refractivity contribution >= 4 is 0 Å². The van der Waals surface area contributed by atoms with E-state index in [4.69, 9.17) is 0 Å². The van der Waals surface area contributed by atoms with Gasteiger partial charge in [0.1, 0.15) is 0 Å². The van der Waals surface area contributed by atoms with E-state index in [9.17, 15) is 9.18 Å². The maximum atomic E-state index is 14.8. The number of tetrazole rings is 1. The number of aromatic amines is 1. The molecule has 0 bridgehead atoms. The van der Waals surface area contributed by atoms with Gasteiger partial charge in [0.2, 0.25) is 5.95 Å². The molecule has 0 fully saturated rings. The molecule has 0 amide bonds. The van der Waals surface area contributed by atoms with Crippen LogP contribution in [0, 0.1) is 5.95 Å². The molecule has 0 aliphatic heterocycles. The Kier molecular flexibility index (Phi) is 6.06. The zero-order valence-corrected chi connectivity index (χ0v) is 17.7. The van der Waals surface area contributed by atoms with Gasteiger partial charge in [0.05, 0.1) is 12.2 Å². The van der Waals surface area contributed by atoms with Crippen molar-refractivity contribution in [2.45, 2.75) is 46.2 Å². The molecule has 0 aliphatic rings. The summed E-state index contributed by atoms with van der Waals surface area (Å²) in [5, 5.41) is 14.1. The summed E-state index contributed by atoms with van der Waals surface area (Å²) in [7, 11) is 0. The average molecular weight is 420 g/mol. The highest BCUT2D eigenvalue weighted by Crippen LogP contribution is 2.29. The summed E-state index contributed by atoms with van der Waals surface area (Å²) in [6.45, 7) is 4.66. The number of rotatable bonds is 8. The molecule has 0 atom stereocenters. The molecule has 8 heteroatoms. The molecule has 4 aromatic rings. The number of nitrogens with one attached hydrogen (secondary N) is 1. The first kappa shape index (κ1) is 20.7. The maximum Gasteiger partial charge on any atom is 0.330 e. The largest absolute Gasteiger partial charge is 0.330 e. The standard InChI is InChI=1S/C23H25FN6O/c1-3-7-20-21(24)29(14-4-2)23(31)30(20)15-16-10-12-17(13-11-16)18-8-5-6-9-19(18)22-25-27-28-26-22/h5-6,8-13H,3-4,7,14-15H2,1-2H3,(H,25,26,27,28). The molecule has 31 heavy (non-hydrogen) atoms. The lowest BCUT2D eigenvalue weighted by Crippen LogP contribution is -2.26. The lowest BCUT2D eigenvalue weighted by atomic mass is 9.98. The topological polar surface area (TPSA) is 81.4 Å². The predicted molar refractivity (Wildman–Crippen MR) is 117 cm³/mol. The molecule has 0 unspecified atom stereocenters. The Morgan fingerprint density at radius 2 is 1.71 bits per heavy atom. The summed E-state index contributed by atoms with van der Waals surface area (Å²) in [4.78, 5) is 12.8. The Morgan fingerprint density at radius 1 is 0.968 bits per heavy atom. The second kappa shape index (κ2) is 9.07. The third-order valence-corrected chi connectivity index (χ3v) is 5.33. The summed E-state index contributed by atoms with van der Waals surface area (Å²) in [5.74, 6) is 0.197. The number of H-pyrrole nitrogens is 1. The van der Waals surface area contributed by atoms with E-state index in [1.807, 2.05) is 62.4 Å². The Balaban J connectivity index is 1.66. The maximum absolute atomic E-state index is 14.8. The summed E-state index contributed by atoms with van der Waals surface area (Å²) >= 11 is 0. The van der Waals surface area contributed by atoms with Gasteiger partial charge >= 0.3 is 5.69 Å². The van der Waals surface area contributed by atoms with Crippen molar-refractivity contribution in [2.24, 2.45) is 0 Å². The van der Waals surface area contributed by atoms with E-state index in [0.717, 1.165) is 28.7 Å². The van der Waals surface area contributed by atoms with Crippen LogP contribution in [0.1, 0.15) is 37.9 Å². The molecular weight excluding hydrogens is 395 g/mol. The Morgan fingerprint density at radius 3 is 2.35 bits per heavy atom. The highest BCUT2D eigenvalue weighted by atomic mass is 19.1. The lowest BCUT2D eigenvalue weighted by molar-refractivity contribution is 0.474. The second-order valence-corrected chi connectivity index (χ2v) is 7.50. The van der Waals surface area contributed by atoms with Gasteiger partial charge in [-0.1, -0.05) is 68.8 Å². The number of benzene rings is 2. The van der Waals surface area contributed by atoms with E-state index in [1.54, 1.807) is 4.57 Å². The van der Waals surface area contributed by atoms with Gasteiger partial charge in [-0.25, -0.2) is 9.89 Å². The Hall–Kier alpha value is -3.55. The van der Waals surface area contributed by atoms with Crippen molar-refractivity contribution in [1.29, 1.82) is 0 Å². The van der Waals surface area contributed by atoms with Crippen LogP contribution in [0.15, 0.2) is 53.3 Å². The van der Waals surface area contributed by atoms with Crippen LogP contribution in [0.5, 0.6) is 0 Å². The normalized spacial score (nSPS) is 11.2. The highest BCUT2D eigenvalue weighted by molar-refractivity contribution is 5.80. The first-order valence-electron chi connectivity index (χ1n) is 10.5. The van der Waals surface area contributed by atoms with Gasteiger partial charge in [0, 0.05) is 12.1 Å². The zero-order chi connectivity index (χ0) is 21.8. The molecule has 4 rings (SSSR count). The smallest absolute Gasteiger partial charge is 0.289 e. The van der Waals surface area contributed by atoms with Crippen molar-refractivity contribution in [3.8, 4) is 22.5 Å². The number of hydrogen-bond acceptors (Lipinski definition) is 4. The van der Waals surface area contributed by atoms with E-state index < -0.39 is 5.95 Å². The van der Waals surface area contributed by atoms with Gasteiger partial charge in [-0.2, -0.15) is 4.39 Å². The molecule has 0 radical (unpaired) electrons. The van der Waals surface area contributed by atoms with E-state index in [0.29, 0.717) is 37.4 Å². The van der Waals surface area contributed by atoms with Gasteiger partial charge in [-0.05, 0) is 40.0 Å². The van der Waals surface area contributed by atoms with Crippen molar-refractivity contribution in [3.63, 3.8) is 0 Å². The van der Waals surface area contributed by atoms with Gasteiger partial charge in [0.25, 0.3) is 0 Å². The Bertz CT molecular complexity index is 1210. The van der Waals surface area contributed by atoms with Crippen LogP contribution in [-0.2, 0) is 19.5 Å². The summed E-state index contributed by atoms with van der Waals surface area (Å²) in [6, 6.07) is 15.8. The van der Waals surface area contributed by atoms with Crippen molar-refractivity contribution < 1.29 is 4.39 Å². The number of nitrogens with zero attached hydrogens (tertiary/aromatic N) is 5. The second-order valence-electron chi connectivity index (χ2n) is 7.50. The summed E-state index contributed by atoms with van der Waals surface area (Å²) < 4.78 is 17.6. The van der Waals surface area contributed by atoms with Gasteiger partial charge < -0.3 is 0 Å². The fraction of sp³-hybridized carbons (Fsp3) is 0.304. The monoisotopic (exact) mass is 420 g/mol. The fourth-order valence-corrected chi connectivity index (χ4v) is 3.85. The summed E-state index contributed by atoms with van der Waals surface area (Å²) in [5.41, 5.74) is 4.04. The van der Waals surface area contributed by atoms with E-state index in [1.165, 1.54) is 4.57 Å². The fourth-order valence-electron chi connectivity index (χ4n) is 3.85. The number of imidazole rings is 1. The zero-order valence-electron chi connectivity index (χ0n) is 17.7. The first-order valence-corrected chi connectivity index (χ1v) is 10.5. The minimum absolute atomic E-state index is 0.282. The molecule has 0 saturated heterocycles. The molecule has 7 nitrogen and oxygen atoms in total. The van der Waals surface area contributed by atoms with Crippen LogP contribution in [0.3, 0.4) is 0 Å². The van der Waals surface area contributed by atoms with Crippen molar-refractivity contribution in [3.05, 3.63) is 76.2 Å². The Labute approximate surface area is 179 Å². The number of aromatic nitrogens is 6. The molecule has 0 aliphatic carbocycles. The number of hydrogen-bond donors (Lipinski definition) is 1. The van der Waals surface area contributed by atoms with Crippen LogP contribution >= 0.6 is 0 Å². The molecule has 160 valence electrons. The van der Waals surface area contributed by atoms with E-state index in [2.05, 4.69) is 20.6 Å². The van der Waals surface area contributed by atoms with Crippen LogP contribution in [0.4, 0.5) is 4.39 Å². The number of halogens is 1. The third kappa shape index (κ3) is 4.05. The van der Waals surface area contributed by atoms with Gasteiger partial charge in [0.15, 0.2) is 5.82 Å². The molecule has 0 spiro atoms. The third-order valence-electron chi connectivity index (χ3n) is 5.33. The van der Waals surface area contributed by atoms with Crippen molar-refractivity contribution in [2.75, 3.05) is 0 Å². The lowest BCUT2D eigenvalue weighted by Gasteiger charge is -2.10. The molecule has 0 saturated carbocycles. The molecule has 2 heterocycles. The molecular formula is C23H25FN6O. The molecule has 2 aromatic carbocycles. The van der Waals surface area contributed by atoms with Gasteiger partial charge in [-0.3, -0.25) is 9.13 Å². The molecule has 2 aromatic heterocycles.